The molecule has 0 saturated heterocycles. The van der Waals surface area contributed by atoms with Crippen molar-refractivity contribution >= 4 is 54.6 Å². The van der Waals surface area contributed by atoms with E-state index < -0.39 is 32.1 Å². The van der Waals surface area contributed by atoms with E-state index in [0.29, 0.717) is 22.1 Å². The first-order valence-electron chi connectivity index (χ1n) is 12.5. The van der Waals surface area contributed by atoms with Gasteiger partial charge in [0.15, 0.2) is 6.10 Å². The van der Waals surface area contributed by atoms with Crippen molar-refractivity contribution in [2.75, 3.05) is 20.9 Å². The Kier molecular flexibility index (Phi) is 7.69. The number of benzene rings is 4. The van der Waals surface area contributed by atoms with Crippen molar-refractivity contribution in [3.05, 3.63) is 107 Å². The third-order valence-corrected chi connectivity index (χ3v) is 9.99. The number of nitrogens with one attached hydrogen (secondary N) is 2. The molecule has 0 bridgehead atoms. The van der Waals surface area contributed by atoms with E-state index in [1.165, 1.54) is 48.5 Å². The van der Waals surface area contributed by atoms with Gasteiger partial charge in [0, 0.05) is 10.7 Å². The van der Waals surface area contributed by atoms with Gasteiger partial charge < -0.3 is 10.1 Å². The van der Waals surface area contributed by atoms with Crippen molar-refractivity contribution in [3.8, 4) is 5.75 Å². The molecule has 212 valence electrons. The lowest BCUT2D eigenvalue weighted by molar-refractivity contribution is -0.122. The SMILES string of the molecule is Cc1cccc(C)c1NS(=O)(=O)c1ccc(NC(=O)C2CN(S(=O)(=O)c3ccc(Cl)cc3)c3ccccc3O2)cc1. The molecule has 1 aliphatic rings. The number of hydrogen-bond acceptors (Lipinski definition) is 6. The van der Waals surface area contributed by atoms with E-state index in [9.17, 15) is 21.6 Å². The highest BCUT2D eigenvalue weighted by atomic mass is 35.5. The number of aryl methyl sites for hydroxylation is 2. The third-order valence-electron chi connectivity index (χ3n) is 6.58. The van der Waals surface area contributed by atoms with Gasteiger partial charge in [-0.25, -0.2) is 16.8 Å². The Labute approximate surface area is 243 Å². The number of ether oxygens (including phenoxy) is 1. The molecule has 1 heterocycles. The number of nitrogens with zero attached hydrogens (tertiary/aromatic N) is 1. The van der Waals surface area contributed by atoms with Crippen LogP contribution in [0.4, 0.5) is 17.1 Å². The monoisotopic (exact) mass is 611 g/mol. The molecule has 1 atom stereocenters. The van der Waals surface area contributed by atoms with Crippen LogP contribution in [0.1, 0.15) is 11.1 Å². The van der Waals surface area contributed by atoms with Crippen LogP contribution in [-0.2, 0) is 24.8 Å². The molecule has 12 heteroatoms. The summed E-state index contributed by atoms with van der Waals surface area (Å²) in [6.07, 6.45) is -1.18. The summed E-state index contributed by atoms with van der Waals surface area (Å²) in [7, 11) is -7.92. The van der Waals surface area contributed by atoms with Crippen LogP contribution in [0.25, 0.3) is 0 Å². The lowest BCUT2D eigenvalue weighted by Gasteiger charge is -2.34. The molecule has 0 aliphatic carbocycles. The highest BCUT2D eigenvalue weighted by molar-refractivity contribution is 7.93. The van der Waals surface area contributed by atoms with Gasteiger partial charge in [0.1, 0.15) is 5.75 Å². The molecular formula is C29H26ClN3O6S2. The average Bonchev–Trinajstić information content (AvgIpc) is 2.95. The van der Waals surface area contributed by atoms with Gasteiger partial charge in [0.25, 0.3) is 26.0 Å². The number of carbonyl (C=O) groups excluding carboxylic acids is 1. The Bertz CT molecular complexity index is 1810. The molecule has 0 spiro atoms. The smallest absolute Gasteiger partial charge is 0.267 e. The maximum atomic E-state index is 13.5. The third kappa shape index (κ3) is 5.88. The van der Waals surface area contributed by atoms with Crippen LogP contribution >= 0.6 is 11.6 Å². The fourth-order valence-electron chi connectivity index (χ4n) is 4.41. The van der Waals surface area contributed by atoms with Gasteiger partial charge in [-0.05, 0) is 85.6 Å². The number of amides is 1. The summed E-state index contributed by atoms with van der Waals surface area (Å²) in [6, 6.07) is 23.4. The lowest BCUT2D eigenvalue weighted by atomic mass is 10.1. The number of fused-ring (bicyclic) bond motifs is 1. The van der Waals surface area contributed by atoms with Crippen LogP contribution in [-0.4, -0.2) is 35.4 Å². The molecular weight excluding hydrogens is 586 g/mol. The number of para-hydroxylation sites is 3. The minimum Gasteiger partial charge on any atom is -0.476 e. The van der Waals surface area contributed by atoms with E-state index in [-0.39, 0.29) is 22.1 Å². The summed E-state index contributed by atoms with van der Waals surface area (Å²) in [5, 5.41) is 3.08. The maximum absolute atomic E-state index is 13.5. The second-order valence-electron chi connectivity index (χ2n) is 9.45. The Balaban J connectivity index is 1.35. The molecule has 4 aromatic rings. The summed E-state index contributed by atoms with van der Waals surface area (Å²) in [4.78, 5) is 13.3. The zero-order valence-corrected chi connectivity index (χ0v) is 24.4. The predicted octanol–water partition coefficient (Wildman–Crippen LogP) is 5.35. The molecule has 9 nitrogen and oxygen atoms in total. The number of hydrogen-bond donors (Lipinski definition) is 2. The number of sulfonamides is 2. The van der Waals surface area contributed by atoms with Crippen LogP contribution in [0.3, 0.4) is 0 Å². The summed E-state index contributed by atoms with van der Waals surface area (Å²) < 4.78 is 62.6. The maximum Gasteiger partial charge on any atom is 0.267 e. The van der Waals surface area contributed by atoms with Crippen LogP contribution in [0.15, 0.2) is 101 Å². The Morgan fingerprint density at radius 2 is 1.44 bits per heavy atom. The van der Waals surface area contributed by atoms with Gasteiger partial charge in [0.05, 0.1) is 27.7 Å². The van der Waals surface area contributed by atoms with E-state index in [1.54, 1.807) is 24.3 Å². The number of halogens is 1. The minimum absolute atomic E-state index is 0.0150. The number of carbonyl (C=O) groups is 1. The summed E-state index contributed by atoms with van der Waals surface area (Å²) in [5.74, 6) is -0.365. The summed E-state index contributed by atoms with van der Waals surface area (Å²) in [5.41, 5.74) is 2.71. The minimum atomic E-state index is -4.04. The normalized spacial score (nSPS) is 15.0. The highest BCUT2D eigenvalue weighted by Crippen LogP contribution is 2.37. The second kappa shape index (κ2) is 11.1. The molecule has 1 amide bonds. The van der Waals surface area contributed by atoms with Gasteiger partial charge in [-0.3, -0.25) is 13.8 Å². The van der Waals surface area contributed by atoms with Crippen LogP contribution in [0.5, 0.6) is 5.75 Å². The van der Waals surface area contributed by atoms with Crippen molar-refractivity contribution in [2.24, 2.45) is 0 Å². The molecule has 0 radical (unpaired) electrons. The molecule has 0 fully saturated rings. The van der Waals surface area contributed by atoms with Crippen LogP contribution in [0, 0.1) is 13.8 Å². The van der Waals surface area contributed by atoms with Crippen LogP contribution in [0.2, 0.25) is 5.02 Å². The molecule has 1 aliphatic heterocycles. The standard InChI is InChI=1S/C29H26ClN3O6S2/c1-19-6-5-7-20(2)28(19)32-40(35,36)23-16-12-22(13-17-23)31-29(34)27-18-33(25-8-3-4-9-26(25)39-27)41(37,38)24-14-10-21(30)11-15-24/h3-17,27,32H,18H2,1-2H3,(H,31,34). The molecule has 5 rings (SSSR count). The molecule has 2 N–H and O–H groups in total. The average molecular weight is 612 g/mol. The van der Waals surface area contributed by atoms with Gasteiger partial charge in [-0.15, -0.1) is 0 Å². The first-order valence-corrected chi connectivity index (χ1v) is 15.8. The molecule has 1 unspecified atom stereocenters. The second-order valence-corrected chi connectivity index (χ2v) is 13.4. The largest absolute Gasteiger partial charge is 0.476 e. The van der Waals surface area contributed by atoms with Gasteiger partial charge >= 0.3 is 0 Å². The Morgan fingerprint density at radius 1 is 0.829 bits per heavy atom. The van der Waals surface area contributed by atoms with Crippen LogP contribution < -0.4 is 19.1 Å². The van der Waals surface area contributed by atoms with Gasteiger partial charge in [-0.2, -0.15) is 0 Å². The highest BCUT2D eigenvalue weighted by Gasteiger charge is 2.37. The van der Waals surface area contributed by atoms with Crippen molar-refractivity contribution in [3.63, 3.8) is 0 Å². The van der Waals surface area contributed by atoms with Crippen molar-refractivity contribution in [1.82, 2.24) is 0 Å². The first-order chi connectivity index (χ1) is 19.5. The molecule has 0 saturated carbocycles. The van der Waals surface area contributed by atoms with E-state index >= 15 is 0 Å². The van der Waals surface area contributed by atoms with E-state index in [4.69, 9.17) is 16.3 Å². The summed E-state index contributed by atoms with van der Waals surface area (Å²) >= 11 is 5.94. The lowest BCUT2D eigenvalue weighted by Crippen LogP contribution is -2.48. The first kappa shape index (κ1) is 28.5. The molecule has 0 aromatic heterocycles. The Hall–Kier alpha value is -4.06. The van der Waals surface area contributed by atoms with Gasteiger partial charge in [0.2, 0.25) is 0 Å². The fourth-order valence-corrected chi connectivity index (χ4v) is 7.21. The van der Waals surface area contributed by atoms with Crippen molar-refractivity contribution < 1.29 is 26.4 Å². The van der Waals surface area contributed by atoms with E-state index in [2.05, 4.69) is 10.0 Å². The van der Waals surface area contributed by atoms with E-state index in [1.807, 2.05) is 32.0 Å². The Morgan fingerprint density at radius 3 is 2.10 bits per heavy atom. The topological polar surface area (TPSA) is 122 Å². The number of anilines is 3. The molecule has 4 aromatic carbocycles. The fraction of sp³-hybridized carbons (Fsp3) is 0.138. The van der Waals surface area contributed by atoms with Crippen molar-refractivity contribution in [2.45, 2.75) is 29.7 Å². The quantitative estimate of drug-likeness (QED) is 0.290. The number of rotatable bonds is 7. The van der Waals surface area contributed by atoms with Crippen molar-refractivity contribution in [1.29, 1.82) is 0 Å². The predicted molar refractivity (Wildman–Crippen MR) is 159 cm³/mol. The molecule has 41 heavy (non-hydrogen) atoms. The zero-order valence-electron chi connectivity index (χ0n) is 22.0. The van der Waals surface area contributed by atoms with Gasteiger partial charge in [-0.1, -0.05) is 41.9 Å². The zero-order chi connectivity index (χ0) is 29.4. The van der Waals surface area contributed by atoms with E-state index in [0.717, 1.165) is 15.4 Å². The summed E-state index contributed by atoms with van der Waals surface area (Å²) in [6.45, 7) is 3.36.